The highest BCUT2D eigenvalue weighted by molar-refractivity contribution is 7.10. The van der Waals surface area contributed by atoms with Crippen LogP contribution >= 0.6 is 11.3 Å². The number of aryl methyl sites for hydroxylation is 1. The first-order chi connectivity index (χ1) is 10.8. The van der Waals surface area contributed by atoms with Crippen molar-refractivity contribution in [2.45, 2.75) is 19.9 Å². The standard InChI is InChI=1S/C18H24N2OS/c1-3-21-16-6-4-15(5-7-16)18(17-12-14(2)13-22-17)20-10-8-19-9-11-20/h4-7,12-13,18-19H,3,8-11H2,1-2H3. The molecule has 1 atom stereocenters. The van der Waals surface area contributed by atoms with Gasteiger partial charge >= 0.3 is 0 Å². The van der Waals surface area contributed by atoms with Gasteiger partial charge in [0.2, 0.25) is 0 Å². The Morgan fingerprint density at radius 1 is 1.23 bits per heavy atom. The van der Waals surface area contributed by atoms with Crippen LogP contribution in [0.2, 0.25) is 0 Å². The SMILES string of the molecule is CCOc1ccc(C(c2cc(C)cs2)N2CCNCC2)cc1. The van der Waals surface area contributed by atoms with Gasteiger partial charge in [0.05, 0.1) is 12.6 Å². The molecule has 4 heteroatoms. The Labute approximate surface area is 136 Å². The molecule has 0 amide bonds. The molecule has 1 N–H and O–H groups in total. The molecule has 2 aromatic rings. The first-order valence-corrected chi connectivity index (χ1v) is 8.88. The van der Waals surface area contributed by atoms with Crippen molar-refractivity contribution < 1.29 is 4.74 Å². The number of thiophene rings is 1. The van der Waals surface area contributed by atoms with Crippen LogP contribution in [0.5, 0.6) is 5.75 Å². The number of hydrogen-bond donors (Lipinski definition) is 1. The first-order valence-electron chi connectivity index (χ1n) is 8.00. The summed E-state index contributed by atoms with van der Waals surface area (Å²) in [4.78, 5) is 4.01. The van der Waals surface area contributed by atoms with Crippen LogP contribution in [0.3, 0.4) is 0 Å². The molecule has 3 nitrogen and oxygen atoms in total. The van der Waals surface area contributed by atoms with Crippen LogP contribution in [0.25, 0.3) is 0 Å². The predicted octanol–water partition coefficient (Wildman–Crippen LogP) is 3.45. The fourth-order valence-corrected chi connectivity index (χ4v) is 4.06. The normalized spacial score (nSPS) is 17.4. The van der Waals surface area contributed by atoms with Gasteiger partial charge in [0, 0.05) is 31.1 Å². The Morgan fingerprint density at radius 3 is 2.55 bits per heavy atom. The van der Waals surface area contributed by atoms with E-state index in [0.29, 0.717) is 12.6 Å². The van der Waals surface area contributed by atoms with Crippen LogP contribution in [-0.4, -0.2) is 37.7 Å². The van der Waals surface area contributed by atoms with E-state index < -0.39 is 0 Å². The lowest BCUT2D eigenvalue weighted by Crippen LogP contribution is -2.45. The molecule has 1 fully saturated rings. The Kier molecular flexibility index (Phi) is 5.13. The van der Waals surface area contributed by atoms with E-state index in [0.717, 1.165) is 31.9 Å². The largest absolute Gasteiger partial charge is 0.494 e. The zero-order valence-electron chi connectivity index (χ0n) is 13.3. The highest BCUT2D eigenvalue weighted by Gasteiger charge is 2.25. The molecule has 0 radical (unpaired) electrons. The molecular formula is C18H24N2OS. The topological polar surface area (TPSA) is 24.5 Å². The number of ether oxygens (including phenoxy) is 1. The van der Waals surface area contributed by atoms with Crippen molar-refractivity contribution in [1.29, 1.82) is 0 Å². The third kappa shape index (κ3) is 3.51. The lowest BCUT2D eigenvalue weighted by Gasteiger charge is -2.34. The van der Waals surface area contributed by atoms with E-state index in [1.165, 1.54) is 16.0 Å². The molecule has 118 valence electrons. The lowest BCUT2D eigenvalue weighted by molar-refractivity contribution is 0.200. The fourth-order valence-electron chi connectivity index (χ4n) is 3.01. The summed E-state index contributed by atoms with van der Waals surface area (Å²) in [6, 6.07) is 11.3. The minimum atomic E-state index is 0.358. The summed E-state index contributed by atoms with van der Waals surface area (Å²) in [5.41, 5.74) is 2.71. The van der Waals surface area contributed by atoms with Crippen molar-refractivity contribution in [3.8, 4) is 5.75 Å². The maximum Gasteiger partial charge on any atom is 0.119 e. The molecule has 1 unspecified atom stereocenters. The van der Waals surface area contributed by atoms with Gasteiger partial charge in [-0.2, -0.15) is 0 Å². The summed E-state index contributed by atoms with van der Waals surface area (Å²) in [5.74, 6) is 0.952. The van der Waals surface area contributed by atoms with Gasteiger partial charge in [-0.3, -0.25) is 4.90 Å². The van der Waals surface area contributed by atoms with Crippen molar-refractivity contribution in [3.05, 3.63) is 51.7 Å². The van der Waals surface area contributed by atoms with E-state index >= 15 is 0 Å². The van der Waals surface area contributed by atoms with Crippen LogP contribution in [0.15, 0.2) is 35.7 Å². The van der Waals surface area contributed by atoms with Gasteiger partial charge in [0.25, 0.3) is 0 Å². The Hall–Kier alpha value is -1.36. The van der Waals surface area contributed by atoms with Gasteiger partial charge in [-0.1, -0.05) is 12.1 Å². The Bertz CT molecular complexity index is 587. The van der Waals surface area contributed by atoms with E-state index in [2.05, 4.69) is 52.9 Å². The molecule has 0 aliphatic carbocycles. The van der Waals surface area contributed by atoms with Crippen molar-refractivity contribution >= 4 is 11.3 Å². The fraction of sp³-hybridized carbons (Fsp3) is 0.444. The average molecular weight is 316 g/mol. The molecule has 1 aliphatic rings. The highest BCUT2D eigenvalue weighted by atomic mass is 32.1. The molecule has 2 heterocycles. The predicted molar refractivity (Wildman–Crippen MR) is 93.0 cm³/mol. The van der Waals surface area contributed by atoms with E-state index in [-0.39, 0.29) is 0 Å². The van der Waals surface area contributed by atoms with Gasteiger partial charge in [0.15, 0.2) is 0 Å². The maximum absolute atomic E-state index is 5.57. The molecule has 1 aliphatic heterocycles. The second-order valence-corrected chi connectivity index (χ2v) is 6.66. The molecule has 1 saturated heterocycles. The van der Waals surface area contributed by atoms with E-state index in [1.54, 1.807) is 0 Å². The minimum absolute atomic E-state index is 0.358. The van der Waals surface area contributed by atoms with Gasteiger partial charge in [0.1, 0.15) is 5.75 Å². The van der Waals surface area contributed by atoms with Crippen LogP contribution in [0.4, 0.5) is 0 Å². The zero-order valence-corrected chi connectivity index (χ0v) is 14.2. The minimum Gasteiger partial charge on any atom is -0.494 e. The molecular weight excluding hydrogens is 292 g/mol. The van der Waals surface area contributed by atoms with Crippen LogP contribution < -0.4 is 10.1 Å². The van der Waals surface area contributed by atoms with Crippen molar-refractivity contribution in [2.75, 3.05) is 32.8 Å². The molecule has 1 aromatic carbocycles. The number of benzene rings is 1. The second kappa shape index (κ2) is 7.27. The Morgan fingerprint density at radius 2 is 1.95 bits per heavy atom. The molecule has 0 saturated carbocycles. The van der Waals surface area contributed by atoms with E-state index in [9.17, 15) is 0 Å². The summed E-state index contributed by atoms with van der Waals surface area (Å²) in [6.07, 6.45) is 0. The summed E-state index contributed by atoms with van der Waals surface area (Å²) in [6.45, 7) is 9.23. The number of nitrogens with one attached hydrogen (secondary N) is 1. The molecule has 22 heavy (non-hydrogen) atoms. The zero-order chi connectivity index (χ0) is 15.4. The highest BCUT2D eigenvalue weighted by Crippen LogP contribution is 2.33. The third-order valence-electron chi connectivity index (χ3n) is 4.04. The van der Waals surface area contributed by atoms with Crippen molar-refractivity contribution in [2.24, 2.45) is 0 Å². The maximum atomic E-state index is 5.57. The monoisotopic (exact) mass is 316 g/mol. The summed E-state index contributed by atoms with van der Waals surface area (Å²) in [7, 11) is 0. The number of piperazine rings is 1. The van der Waals surface area contributed by atoms with Gasteiger partial charge in [-0.05, 0) is 48.6 Å². The second-order valence-electron chi connectivity index (χ2n) is 5.72. The van der Waals surface area contributed by atoms with Crippen molar-refractivity contribution in [3.63, 3.8) is 0 Å². The van der Waals surface area contributed by atoms with Gasteiger partial charge in [-0.15, -0.1) is 11.3 Å². The molecule has 0 spiro atoms. The van der Waals surface area contributed by atoms with Crippen LogP contribution in [0, 0.1) is 6.92 Å². The first kappa shape index (κ1) is 15.5. The number of rotatable bonds is 5. The summed E-state index contributed by atoms with van der Waals surface area (Å²) < 4.78 is 5.57. The Balaban J connectivity index is 1.90. The third-order valence-corrected chi connectivity index (χ3v) is 5.15. The van der Waals surface area contributed by atoms with Crippen molar-refractivity contribution in [1.82, 2.24) is 10.2 Å². The quantitative estimate of drug-likeness (QED) is 0.914. The van der Waals surface area contributed by atoms with Gasteiger partial charge in [-0.25, -0.2) is 0 Å². The van der Waals surface area contributed by atoms with Crippen LogP contribution in [-0.2, 0) is 0 Å². The molecule has 0 bridgehead atoms. The lowest BCUT2D eigenvalue weighted by atomic mass is 10.0. The molecule has 3 rings (SSSR count). The van der Waals surface area contributed by atoms with Crippen LogP contribution in [0.1, 0.15) is 29.0 Å². The average Bonchev–Trinajstić information content (AvgIpc) is 2.97. The van der Waals surface area contributed by atoms with E-state index in [4.69, 9.17) is 4.74 Å². The van der Waals surface area contributed by atoms with E-state index in [1.807, 2.05) is 18.3 Å². The molecule has 1 aromatic heterocycles. The smallest absolute Gasteiger partial charge is 0.119 e. The number of hydrogen-bond acceptors (Lipinski definition) is 4. The van der Waals surface area contributed by atoms with Gasteiger partial charge < -0.3 is 10.1 Å². The summed E-state index contributed by atoms with van der Waals surface area (Å²) >= 11 is 1.87. The summed E-state index contributed by atoms with van der Waals surface area (Å²) in [5, 5.41) is 5.69. The number of nitrogens with zero attached hydrogens (tertiary/aromatic N) is 1.